The van der Waals surface area contributed by atoms with Gasteiger partial charge in [0, 0.05) is 52.8 Å². The van der Waals surface area contributed by atoms with Gasteiger partial charge in [-0.3, -0.25) is 4.57 Å². The lowest BCUT2D eigenvalue weighted by Gasteiger charge is -2.45. The van der Waals surface area contributed by atoms with Crippen molar-refractivity contribution in [1.82, 2.24) is 19.8 Å². The Morgan fingerprint density at radius 1 is 1.09 bits per heavy atom. The molecule has 45 heavy (non-hydrogen) atoms. The van der Waals surface area contributed by atoms with E-state index in [0.29, 0.717) is 28.5 Å². The van der Waals surface area contributed by atoms with Crippen LogP contribution in [-0.2, 0) is 10.9 Å². The predicted molar refractivity (Wildman–Crippen MR) is 166 cm³/mol. The van der Waals surface area contributed by atoms with Crippen molar-refractivity contribution in [2.75, 3.05) is 36.8 Å². The molecule has 0 aliphatic carbocycles. The van der Waals surface area contributed by atoms with Crippen molar-refractivity contribution < 1.29 is 27.1 Å². The standard InChI is InChI=1S/C32H37F4N5O3S/c1-17-15-40(30(43)44-31(3,4)5)18(2)14-39(17)28-23-11-24(32(34,35)36)25(20-6-8-21(33)9-7-20)27-26(23)41(29(42)38-28)22(16-45-27)10-19-12-37-13-19/h6-9,11,17-19,22,37H,10,12-16H2,1-5H3/t17-,18+,22-/m0/s1. The van der Waals surface area contributed by atoms with Gasteiger partial charge in [-0.1, -0.05) is 12.1 Å². The van der Waals surface area contributed by atoms with E-state index in [2.05, 4.69) is 10.3 Å². The molecule has 6 rings (SSSR count). The number of thioether (sulfide) groups is 1. The van der Waals surface area contributed by atoms with Crippen LogP contribution < -0.4 is 15.9 Å². The van der Waals surface area contributed by atoms with Gasteiger partial charge in [0.25, 0.3) is 0 Å². The molecule has 242 valence electrons. The fraction of sp³-hybridized carbons (Fsp3) is 0.531. The molecule has 2 aromatic carbocycles. The van der Waals surface area contributed by atoms with E-state index < -0.39 is 34.9 Å². The first-order valence-corrected chi connectivity index (χ1v) is 16.2. The molecule has 1 amide bonds. The number of carbonyl (C=O) groups is 1. The molecule has 3 aliphatic heterocycles. The number of rotatable bonds is 4. The van der Waals surface area contributed by atoms with Gasteiger partial charge in [0.15, 0.2) is 0 Å². The van der Waals surface area contributed by atoms with Crippen molar-refractivity contribution in [3.63, 3.8) is 0 Å². The molecule has 3 aliphatic rings. The van der Waals surface area contributed by atoms with E-state index in [4.69, 9.17) is 4.74 Å². The van der Waals surface area contributed by atoms with Crippen molar-refractivity contribution in [3.8, 4) is 11.1 Å². The smallest absolute Gasteiger partial charge is 0.417 e. The summed E-state index contributed by atoms with van der Waals surface area (Å²) in [6, 6.07) is 5.09. The van der Waals surface area contributed by atoms with Gasteiger partial charge in [0.05, 0.1) is 11.1 Å². The molecule has 1 N–H and O–H groups in total. The first-order valence-electron chi connectivity index (χ1n) is 15.2. The number of amides is 1. The zero-order valence-electron chi connectivity index (χ0n) is 25.9. The van der Waals surface area contributed by atoms with Crippen LogP contribution in [0.25, 0.3) is 22.0 Å². The number of nitrogens with zero attached hydrogens (tertiary/aromatic N) is 4. The quantitative estimate of drug-likeness (QED) is 0.333. The van der Waals surface area contributed by atoms with Crippen molar-refractivity contribution >= 4 is 34.6 Å². The summed E-state index contributed by atoms with van der Waals surface area (Å²) >= 11 is 1.31. The molecule has 3 aromatic rings. The third-order valence-corrected chi connectivity index (χ3v) is 9.96. The number of benzene rings is 2. The fourth-order valence-electron chi connectivity index (χ4n) is 6.51. The highest BCUT2D eigenvalue weighted by molar-refractivity contribution is 7.99. The minimum absolute atomic E-state index is 0.0646. The third kappa shape index (κ3) is 6.00. The number of hydrogen-bond donors (Lipinski definition) is 1. The lowest BCUT2D eigenvalue weighted by molar-refractivity contribution is -0.137. The monoisotopic (exact) mass is 647 g/mol. The minimum atomic E-state index is -4.74. The summed E-state index contributed by atoms with van der Waals surface area (Å²) in [6.07, 6.45) is -4.51. The van der Waals surface area contributed by atoms with Crippen LogP contribution in [0.5, 0.6) is 0 Å². The van der Waals surface area contributed by atoms with E-state index in [1.54, 1.807) is 30.2 Å². The maximum Gasteiger partial charge on any atom is 0.417 e. The molecular weight excluding hydrogens is 610 g/mol. The third-order valence-electron chi connectivity index (χ3n) is 8.73. The van der Waals surface area contributed by atoms with Crippen LogP contribution in [0.4, 0.5) is 28.2 Å². The van der Waals surface area contributed by atoms with Crippen molar-refractivity contribution in [2.24, 2.45) is 5.92 Å². The maximum absolute atomic E-state index is 14.9. The Labute approximate surface area is 263 Å². The molecule has 1 aromatic heterocycles. The Bertz CT molecular complexity index is 1680. The highest BCUT2D eigenvalue weighted by Crippen LogP contribution is 2.50. The zero-order valence-corrected chi connectivity index (χ0v) is 26.7. The Morgan fingerprint density at radius 3 is 2.38 bits per heavy atom. The van der Waals surface area contributed by atoms with Crippen LogP contribution >= 0.6 is 11.8 Å². The van der Waals surface area contributed by atoms with Crippen LogP contribution in [0.2, 0.25) is 0 Å². The van der Waals surface area contributed by atoms with E-state index in [9.17, 15) is 27.2 Å². The molecule has 0 bridgehead atoms. The molecule has 2 saturated heterocycles. The van der Waals surface area contributed by atoms with E-state index in [0.717, 1.165) is 31.3 Å². The Balaban J connectivity index is 1.54. The number of alkyl halides is 3. The Hall–Kier alpha value is -3.32. The number of halogens is 4. The van der Waals surface area contributed by atoms with Gasteiger partial charge in [-0.05, 0) is 83.8 Å². The van der Waals surface area contributed by atoms with Gasteiger partial charge in [0.2, 0.25) is 0 Å². The van der Waals surface area contributed by atoms with Crippen LogP contribution in [0.3, 0.4) is 0 Å². The summed E-state index contributed by atoms with van der Waals surface area (Å²) in [5, 5.41) is 3.48. The topological polar surface area (TPSA) is 79.7 Å². The van der Waals surface area contributed by atoms with Gasteiger partial charge in [-0.25, -0.2) is 14.0 Å². The summed E-state index contributed by atoms with van der Waals surface area (Å²) in [6.45, 7) is 11.2. The molecule has 3 atom stereocenters. The van der Waals surface area contributed by atoms with E-state index in [1.807, 2.05) is 18.7 Å². The Morgan fingerprint density at radius 2 is 1.78 bits per heavy atom. The number of aromatic nitrogens is 2. The number of carbonyl (C=O) groups excluding carboxylic acids is 1. The van der Waals surface area contributed by atoms with Gasteiger partial charge in [-0.2, -0.15) is 18.2 Å². The first-order chi connectivity index (χ1) is 21.1. The second kappa shape index (κ2) is 11.5. The molecule has 0 spiro atoms. The molecular formula is C32H37F4N5O3S. The molecule has 0 radical (unpaired) electrons. The van der Waals surface area contributed by atoms with E-state index >= 15 is 0 Å². The molecule has 0 saturated carbocycles. The van der Waals surface area contributed by atoms with Gasteiger partial charge >= 0.3 is 18.0 Å². The average molecular weight is 648 g/mol. The van der Waals surface area contributed by atoms with Crippen LogP contribution in [-0.4, -0.2) is 70.2 Å². The number of piperazine rings is 1. The van der Waals surface area contributed by atoms with Crippen molar-refractivity contribution in [2.45, 2.75) is 75.8 Å². The average Bonchev–Trinajstić information content (AvgIpc) is 2.92. The molecule has 8 nitrogen and oxygen atoms in total. The lowest BCUT2D eigenvalue weighted by Crippen LogP contribution is -2.59. The number of ether oxygens (including phenoxy) is 1. The minimum Gasteiger partial charge on any atom is -0.444 e. The lowest BCUT2D eigenvalue weighted by atomic mass is 9.93. The predicted octanol–water partition coefficient (Wildman–Crippen LogP) is 6.31. The normalized spacial score (nSPS) is 22.5. The summed E-state index contributed by atoms with van der Waals surface area (Å²) in [4.78, 5) is 35.2. The SMILES string of the molecule is C[C@@H]1CN(c2nc(=O)n3c4c(c(-c5ccc(F)cc5)c(C(F)(F)F)cc24)SC[C@@H]3CC2CNC2)[C@@H](C)CN1C(=O)OC(C)(C)C. The largest absolute Gasteiger partial charge is 0.444 e. The summed E-state index contributed by atoms with van der Waals surface area (Å²) < 4.78 is 65.7. The maximum atomic E-state index is 14.9. The highest BCUT2D eigenvalue weighted by atomic mass is 32.2. The number of nitrogens with one attached hydrogen (secondary N) is 1. The van der Waals surface area contributed by atoms with Crippen LogP contribution in [0.1, 0.15) is 52.6 Å². The summed E-state index contributed by atoms with van der Waals surface area (Å²) in [7, 11) is 0. The highest BCUT2D eigenvalue weighted by Gasteiger charge is 2.41. The Kier molecular flexibility index (Phi) is 8.08. The van der Waals surface area contributed by atoms with Crippen LogP contribution in [0, 0.1) is 11.7 Å². The second-order valence-electron chi connectivity index (χ2n) is 13.3. The number of hydrogen-bond acceptors (Lipinski definition) is 7. The molecule has 0 unspecified atom stereocenters. The molecule has 2 fully saturated rings. The second-order valence-corrected chi connectivity index (χ2v) is 14.4. The van der Waals surface area contributed by atoms with Crippen molar-refractivity contribution in [3.05, 3.63) is 52.2 Å². The number of anilines is 1. The summed E-state index contributed by atoms with van der Waals surface area (Å²) in [5.74, 6) is 0.377. The molecule has 4 heterocycles. The van der Waals surface area contributed by atoms with E-state index in [1.165, 1.54) is 23.9 Å². The van der Waals surface area contributed by atoms with E-state index in [-0.39, 0.29) is 53.5 Å². The zero-order chi connectivity index (χ0) is 32.4. The van der Waals surface area contributed by atoms with Gasteiger partial charge in [0.1, 0.15) is 17.2 Å². The summed E-state index contributed by atoms with van der Waals surface area (Å²) in [5.41, 5.74) is -1.50. The first kappa shape index (κ1) is 31.7. The fourth-order valence-corrected chi connectivity index (χ4v) is 7.87. The molecule has 13 heteroatoms. The van der Waals surface area contributed by atoms with Crippen LogP contribution in [0.15, 0.2) is 40.0 Å². The van der Waals surface area contributed by atoms with Gasteiger partial charge < -0.3 is 19.9 Å². The van der Waals surface area contributed by atoms with Crippen molar-refractivity contribution in [1.29, 1.82) is 0 Å². The van der Waals surface area contributed by atoms with Gasteiger partial charge in [-0.15, -0.1) is 11.8 Å².